The van der Waals surface area contributed by atoms with Crippen LogP contribution in [0.2, 0.25) is 0 Å². The molecule has 0 atom stereocenters. The maximum Gasteiger partial charge on any atom is 0.191 e. The maximum atomic E-state index is 13.1. The van der Waals surface area contributed by atoms with Crippen LogP contribution in [0.15, 0.2) is 53.8 Å². The second-order valence-corrected chi connectivity index (χ2v) is 4.40. The molecule has 0 aliphatic rings. The summed E-state index contributed by atoms with van der Waals surface area (Å²) in [6.07, 6.45) is 4.04. The second-order valence-electron chi connectivity index (χ2n) is 4.40. The highest BCUT2D eigenvalue weighted by molar-refractivity contribution is 5.79. The van der Waals surface area contributed by atoms with Crippen molar-refractivity contribution in [2.75, 3.05) is 13.6 Å². The zero-order valence-electron chi connectivity index (χ0n) is 11.5. The van der Waals surface area contributed by atoms with Gasteiger partial charge in [-0.3, -0.25) is 4.99 Å². The van der Waals surface area contributed by atoms with Gasteiger partial charge >= 0.3 is 0 Å². The summed E-state index contributed by atoms with van der Waals surface area (Å²) in [6, 6.07) is 10.5. The Labute approximate surface area is 118 Å². The molecule has 0 bridgehead atoms. The third-order valence-electron chi connectivity index (χ3n) is 2.90. The van der Waals surface area contributed by atoms with Crippen molar-refractivity contribution in [2.45, 2.75) is 13.1 Å². The largest absolute Gasteiger partial charge is 0.355 e. The Kier molecular flexibility index (Phi) is 5.17. The summed E-state index contributed by atoms with van der Waals surface area (Å²) in [5.41, 5.74) is 0.887. The fourth-order valence-corrected chi connectivity index (χ4v) is 1.88. The molecule has 2 rings (SSSR count). The summed E-state index contributed by atoms with van der Waals surface area (Å²) < 4.78 is 15.1. The lowest BCUT2D eigenvalue weighted by atomic mass is 10.2. The van der Waals surface area contributed by atoms with E-state index < -0.39 is 0 Å². The number of nitrogens with zero attached hydrogens (tertiary/aromatic N) is 2. The van der Waals surface area contributed by atoms with Crippen LogP contribution in [-0.4, -0.2) is 24.1 Å². The third-order valence-corrected chi connectivity index (χ3v) is 2.90. The van der Waals surface area contributed by atoms with E-state index in [-0.39, 0.29) is 5.82 Å². The van der Waals surface area contributed by atoms with Gasteiger partial charge in [0.15, 0.2) is 5.96 Å². The molecule has 0 fully saturated rings. The zero-order chi connectivity index (χ0) is 14.2. The molecule has 0 aliphatic carbocycles. The molecule has 1 aromatic carbocycles. The minimum Gasteiger partial charge on any atom is -0.355 e. The van der Waals surface area contributed by atoms with Crippen molar-refractivity contribution in [1.82, 2.24) is 15.2 Å². The molecule has 2 aromatic rings. The normalized spacial score (nSPS) is 11.4. The molecule has 0 amide bonds. The third kappa shape index (κ3) is 4.42. The van der Waals surface area contributed by atoms with Crippen molar-refractivity contribution in [1.29, 1.82) is 0 Å². The smallest absolute Gasteiger partial charge is 0.191 e. The topological polar surface area (TPSA) is 41.4 Å². The first-order valence-electron chi connectivity index (χ1n) is 6.57. The fraction of sp³-hybridized carbons (Fsp3) is 0.267. The highest BCUT2D eigenvalue weighted by atomic mass is 19.1. The van der Waals surface area contributed by atoms with Gasteiger partial charge in [-0.05, 0) is 29.8 Å². The number of nitrogens with one attached hydrogen (secondary N) is 2. The van der Waals surface area contributed by atoms with Crippen molar-refractivity contribution >= 4 is 5.96 Å². The van der Waals surface area contributed by atoms with Crippen molar-refractivity contribution in [3.8, 4) is 0 Å². The molecule has 2 N–H and O–H groups in total. The summed E-state index contributed by atoms with van der Waals surface area (Å²) in [5, 5.41) is 6.37. The number of hydrogen-bond donors (Lipinski definition) is 2. The average molecular weight is 274 g/mol. The van der Waals surface area contributed by atoms with Gasteiger partial charge in [-0.2, -0.15) is 0 Å². The van der Waals surface area contributed by atoms with Crippen LogP contribution in [0.3, 0.4) is 0 Å². The van der Waals surface area contributed by atoms with E-state index in [1.807, 2.05) is 30.6 Å². The highest BCUT2D eigenvalue weighted by Crippen LogP contribution is 2.02. The first kappa shape index (κ1) is 14.1. The molecule has 1 heterocycles. The van der Waals surface area contributed by atoms with Crippen molar-refractivity contribution in [2.24, 2.45) is 4.99 Å². The SMILES string of the molecule is CN=C(NCCn1cccc1)NCc1cccc(F)c1. The molecular weight excluding hydrogens is 255 g/mol. The monoisotopic (exact) mass is 274 g/mol. The Hall–Kier alpha value is -2.30. The summed E-state index contributed by atoms with van der Waals surface area (Å²) >= 11 is 0. The van der Waals surface area contributed by atoms with Gasteiger partial charge < -0.3 is 15.2 Å². The van der Waals surface area contributed by atoms with Gasteiger partial charge in [-0.15, -0.1) is 0 Å². The van der Waals surface area contributed by atoms with Gasteiger partial charge in [0.25, 0.3) is 0 Å². The van der Waals surface area contributed by atoms with E-state index in [1.54, 1.807) is 13.1 Å². The maximum absolute atomic E-state index is 13.1. The van der Waals surface area contributed by atoms with E-state index in [4.69, 9.17) is 0 Å². The second kappa shape index (κ2) is 7.33. The molecule has 5 heteroatoms. The number of aromatic nitrogens is 1. The number of aliphatic imine (C=N–C) groups is 1. The molecule has 0 spiro atoms. The average Bonchev–Trinajstić information content (AvgIpc) is 2.96. The van der Waals surface area contributed by atoms with Gasteiger partial charge in [0.1, 0.15) is 5.82 Å². The number of benzene rings is 1. The molecule has 0 saturated carbocycles. The first-order valence-corrected chi connectivity index (χ1v) is 6.57. The predicted octanol–water partition coefficient (Wildman–Crippen LogP) is 1.99. The lowest BCUT2D eigenvalue weighted by Crippen LogP contribution is -2.38. The fourth-order valence-electron chi connectivity index (χ4n) is 1.88. The van der Waals surface area contributed by atoms with E-state index in [0.29, 0.717) is 12.5 Å². The molecule has 1 aromatic heterocycles. The van der Waals surface area contributed by atoms with Crippen molar-refractivity contribution in [3.63, 3.8) is 0 Å². The number of hydrogen-bond acceptors (Lipinski definition) is 1. The van der Waals surface area contributed by atoms with Gasteiger partial charge in [0, 0.05) is 39.1 Å². The molecule has 20 heavy (non-hydrogen) atoms. The van der Waals surface area contributed by atoms with Crippen LogP contribution in [-0.2, 0) is 13.1 Å². The molecular formula is C15H19FN4. The van der Waals surface area contributed by atoms with Gasteiger partial charge in [-0.25, -0.2) is 4.39 Å². The Bertz CT molecular complexity index is 549. The summed E-state index contributed by atoms with van der Waals surface area (Å²) in [4.78, 5) is 4.14. The lowest BCUT2D eigenvalue weighted by Gasteiger charge is -2.12. The number of halogens is 1. The predicted molar refractivity (Wildman–Crippen MR) is 79.0 cm³/mol. The van der Waals surface area contributed by atoms with Crippen LogP contribution in [0.1, 0.15) is 5.56 Å². The Morgan fingerprint density at radius 1 is 1.20 bits per heavy atom. The Balaban J connectivity index is 1.75. The van der Waals surface area contributed by atoms with Gasteiger partial charge in [0.2, 0.25) is 0 Å². The standard InChI is InChI=1S/C15H19FN4/c1-17-15(18-7-10-20-8-2-3-9-20)19-12-13-5-4-6-14(16)11-13/h2-6,8-9,11H,7,10,12H2,1H3,(H2,17,18,19). The van der Waals surface area contributed by atoms with Gasteiger partial charge in [-0.1, -0.05) is 12.1 Å². The van der Waals surface area contributed by atoms with E-state index >= 15 is 0 Å². The molecule has 106 valence electrons. The van der Waals surface area contributed by atoms with Crippen LogP contribution in [0.25, 0.3) is 0 Å². The minimum atomic E-state index is -0.222. The minimum absolute atomic E-state index is 0.222. The number of guanidine groups is 1. The Morgan fingerprint density at radius 3 is 2.70 bits per heavy atom. The quantitative estimate of drug-likeness (QED) is 0.647. The van der Waals surface area contributed by atoms with E-state index in [9.17, 15) is 4.39 Å². The van der Waals surface area contributed by atoms with Crippen LogP contribution in [0.5, 0.6) is 0 Å². The highest BCUT2D eigenvalue weighted by Gasteiger charge is 1.99. The summed E-state index contributed by atoms with van der Waals surface area (Å²) in [5.74, 6) is 0.487. The zero-order valence-corrected chi connectivity index (χ0v) is 11.5. The van der Waals surface area contributed by atoms with Gasteiger partial charge in [0.05, 0.1) is 0 Å². The van der Waals surface area contributed by atoms with E-state index in [2.05, 4.69) is 20.2 Å². The van der Waals surface area contributed by atoms with Crippen LogP contribution in [0.4, 0.5) is 4.39 Å². The Morgan fingerprint density at radius 2 is 2.00 bits per heavy atom. The van der Waals surface area contributed by atoms with E-state index in [1.165, 1.54) is 12.1 Å². The molecule has 4 nitrogen and oxygen atoms in total. The van der Waals surface area contributed by atoms with Crippen molar-refractivity contribution < 1.29 is 4.39 Å². The number of rotatable bonds is 5. The van der Waals surface area contributed by atoms with Crippen LogP contribution >= 0.6 is 0 Å². The van der Waals surface area contributed by atoms with Crippen LogP contribution < -0.4 is 10.6 Å². The van der Waals surface area contributed by atoms with E-state index in [0.717, 1.165) is 18.7 Å². The summed E-state index contributed by atoms with van der Waals surface area (Å²) in [7, 11) is 1.72. The first-order chi connectivity index (χ1) is 9.78. The van der Waals surface area contributed by atoms with Crippen molar-refractivity contribution in [3.05, 3.63) is 60.2 Å². The van der Waals surface area contributed by atoms with Crippen LogP contribution in [0, 0.1) is 5.82 Å². The molecule has 0 radical (unpaired) electrons. The lowest BCUT2D eigenvalue weighted by molar-refractivity contribution is 0.624. The molecule has 0 unspecified atom stereocenters. The molecule has 0 saturated heterocycles. The summed E-state index contributed by atoms with van der Waals surface area (Å²) in [6.45, 7) is 2.19. The molecule has 0 aliphatic heterocycles.